The van der Waals surface area contributed by atoms with Crippen molar-refractivity contribution in [2.24, 2.45) is 0 Å². The normalized spacial score (nSPS) is 10.5. The number of hydrogen-bond donors (Lipinski definition) is 2. The maximum atomic E-state index is 11.8. The van der Waals surface area contributed by atoms with Crippen LogP contribution in [0.4, 0.5) is 5.69 Å². The Morgan fingerprint density at radius 3 is 2.95 bits per heavy atom. The van der Waals surface area contributed by atoms with Crippen molar-refractivity contribution in [2.75, 3.05) is 11.9 Å². The van der Waals surface area contributed by atoms with E-state index in [1.54, 1.807) is 11.3 Å². The number of rotatable bonds is 6. The number of halogens is 1. The topological polar surface area (TPSA) is 41.1 Å². The molecule has 20 heavy (non-hydrogen) atoms. The molecule has 0 aliphatic heterocycles. The zero-order valence-electron chi connectivity index (χ0n) is 11.3. The third-order valence-corrected chi connectivity index (χ3v) is 4.35. The van der Waals surface area contributed by atoms with Crippen molar-refractivity contribution in [1.82, 2.24) is 5.32 Å². The molecule has 2 N–H and O–H groups in total. The van der Waals surface area contributed by atoms with Gasteiger partial charge >= 0.3 is 0 Å². The lowest BCUT2D eigenvalue weighted by Crippen LogP contribution is -2.27. The Labute approximate surface area is 131 Å². The standard InChI is InChI=1S/C15H17BrN2OS/c1-2-11-6-7-20-14(11)9-17-10-15(19)18-13-5-3-4-12(16)8-13/h3-8,17H,2,9-10H2,1H3,(H,18,19). The number of benzene rings is 1. The third-order valence-electron chi connectivity index (χ3n) is 2.90. The number of carbonyl (C=O) groups excluding carboxylic acids is 1. The molecule has 2 aromatic rings. The largest absolute Gasteiger partial charge is 0.325 e. The van der Waals surface area contributed by atoms with Gasteiger partial charge in [-0.1, -0.05) is 28.9 Å². The van der Waals surface area contributed by atoms with Crippen LogP contribution in [0.1, 0.15) is 17.4 Å². The molecule has 5 heteroatoms. The van der Waals surface area contributed by atoms with Gasteiger partial charge < -0.3 is 10.6 Å². The summed E-state index contributed by atoms with van der Waals surface area (Å²) in [7, 11) is 0. The molecule has 1 aromatic heterocycles. The maximum Gasteiger partial charge on any atom is 0.238 e. The summed E-state index contributed by atoms with van der Waals surface area (Å²) in [6.45, 7) is 3.20. The zero-order valence-corrected chi connectivity index (χ0v) is 13.7. The van der Waals surface area contributed by atoms with E-state index in [-0.39, 0.29) is 5.91 Å². The minimum Gasteiger partial charge on any atom is -0.325 e. The summed E-state index contributed by atoms with van der Waals surface area (Å²) in [4.78, 5) is 13.1. The number of amides is 1. The second-order valence-corrected chi connectivity index (χ2v) is 6.30. The monoisotopic (exact) mass is 352 g/mol. The Hall–Kier alpha value is -1.17. The quantitative estimate of drug-likeness (QED) is 0.829. The van der Waals surface area contributed by atoms with Gasteiger partial charge in [-0.05, 0) is 41.6 Å². The summed E-state index contributed by atoms with van der Waals surface area (Å²) in [5.74, 6) is -0.0299. The number of hydrogen-bond acceptors (Lipinski definition) is 3. The Kier molecular flexibility index (Phi) is 5.76. The molecule has 0 radical (unpaired) electrons. The molecule has 0 fully saturated rings. The van der Waals surface area contributed by atoms with Gasteiger partial charge in [-0.15, -0.1) is 11.3 Å². The average molecular weight is 353 g/mol. The lowest BCUT2D eigenvalue weighted by molar-refractivity contribution is -0.115. The molecule has 2 rings (SSSR count). The highest BCUT2D eigenvalue weighted by atomic mass is 79.9. The Morgan fingerprint density at radius 2 is 2.20 bits per heavy atom. The molecule has 0 aliphatic rings. The predicted molar refractivity (Wildman–Crippen MR) is 88.2 cm³/mol. The number of anilines is 1. The molecule has 0 saturated heterocycles. The van der Waals surface area contributed by atoms with Crippen molar-refractivity contribution in [3.8, 4) is 0 Å². The highest BCUT2D eigenvalue weighted by Gasteiger charge is 2.05. The molecule has 106 valence electrons. The minimum atomic E-state index is -0.0299. The van der Waals surface area contributed by atoms with Crippen molar-refractivity contribution in [1.29, 1.82) is 0 Å². The lowest BCUT2D eigenvalue weighted by atomic mass is 10.2. The molecule has 0 bridgehead atoms. The lowest BCUT2D eigenvalue weighted by Gasteiger charge is -2.07. The van der Waals surface area contributed by atoms with Gasteiger partial charge in [-0.3, -0.25) is 4.79 Å². The van der Waals surface area contributed by atoms with Gasteiger partial charge in [0.2, 0.25) is 5.91 Å². The SMILES string of the molecule is CCc1ccsc1CNCC(=O)Nc1cccc(Br)c1. The first-order chi connectivity index (χ1) is 9.69. The number of aryl methyl sites for hydroxylation is 1. The van der Waals surface area contributed by atoms with Crippen LogP contribution in [0.5, 0.6) is 0 Å². The summed E-state index contributed by atoms with van der Waals surface area (Å²) < 4.78 is 0.953. The molecular formula is C15H17BrN2OS. The van der Waals surface area contributed by atoms with Crippen LogP contribution in [0.2, 0.25) is 0 Å². The van der Waals surface area contributed by atoms with E-state index < -0.39 is 0 Å². The fraction of sp³-hybridized carbons (Fsp3) is 0.267. The molecule has 0 saturated carbocycles. The van der Waals surface area contributed by atoms with Crippen molar-refractivity contribution < 1.29 is 4.79 Å². The molecule has 0 unspecified atom stereocenters. The number of carbonyl (C=O) groups is 1. The van der Waals surface area contributed by atoms with Crippen LogP contribution in [-0.4, -0.2) is 12.5 Å². The van der Waals surface area contributed by atoms with E-state index in [4.69, 9.17) is 0 Å². The van der Waals surface area contributed by atoms with E-state index in [2.05, 4.69) is 44.9 Å². The summed E-state index contributed by atoms with van der Waals surface area (Å²) in [5.41, 5.74) is 2.16. The van der Waals surface area contributed by atoms with Gasteiger partial charge in [0.05, 0.1) is 6.54 Å². The molecule has 0 atom stereocenters. The molecule has 0 spiro atoms. The molecular weight excluding hydrogens is 336 g/mol. The van der Waals surface area contributed by atoms with Crippen LogP contribution >= 0.6 is 27.3 Å². The van der Waals surface area contributed by atoms with Gasteiger partial charge in [0.15, 0.2) is 0 Å². The molecule has 1 heterocycles. The summed E-state index contributed by atoms with van der Waals surface area (Å²) in [6.07, 6.45) is 1.03. The van der Waals surface area contributed by atoms with Gasteiger partial charge in [-0.2, -0.15) is 0 Å². The fourth-order valence-electron chi connectivity index (χ4n) is 1.90. The van der Waals surface area contributed by atoms with E-state index in [0.29, 0.717) is 6.54 Å². The zero-order chi connectivity index (χ0) is 14.4. The first-order valence-corrected chi connectivity index (χ1v) is 8.17. The van der Waals surface area contributed by atoms with Crippen LogP contribution in [0.3, 0.4) is 0 Å². The van der Waals surface area contributed by atoms with Crippen LogP contribution in [0.25, 0.3) is 0 Å². The Bertz CT molecular complexity index is 583. The van der Waals surface area contributed by atoms with Crippen LogP contribution in [0, 0.1) is 0 Å². The Balaban J connectivity index is 1.78. The molecule has 0 aliphatic carbocycles. The second-order valence-electron chi connectivity index (χ2n) is 4.38. The molecule has 1 aromatic carbocycles. The molecule has 3 nitrogen and oxygen atoms in total. The van der Waals surface area contributed by atoms with E-state index in [1.807, 2.05) is 24.3 Å². The van der Waals surface area contributed by atoms with Crippen molar-refractivity contribution in [2.45, 2.75) is 19.9 Å². The van der Waals surface area contributed by atoms with Crippen molar-refractivity contribution in [3.05, 3.63) is 50.6 Å². The minimum absolute atomic E-state index is 0.0299. The first-order valence-electron chi connectivity index (χ1n) is 6.50. The van der Waals surface area contributed by atoms with E-state index in [9.17, 15) is 4.79 Å². The first kappa shape index (κ1) is 15.2. The third kappa shape index (κ3) is 4.44. The highest BCUT2D eigenvalue weighted by molar-refractivity contribution is 9.10. The van der Waals surface area contributed by atoms with Gasteiger partial charge in [0.25, 0.3) is 0 Å². The van der Waals surface area contributed by atoms with E-state index in [1.165, 1.54) is 10.4 Å². The summed E-state index contributed by atoms with van der Waals surface area (Å²) in [6, 6.07) is 9.72. The maximum absolute atomic E-state index is 11.8. The second kappa shape index (κ2) is 7.57. The Morgan fingerprint density at radius 1 is 1.35 bits per heavy atom. The number of thiophene rings is 1. The molecule has 1 amide bonds. The van der Waals surface area contributed by atoms with Gasteiger partial charge in [0.1, 0.15) is 0 Å². The van der Waals surface area contributed by atoms with E-state index in [0.717, 1.165) is 23.1 Å². The van der Waals surface area contributed by atoms with Crippen molar-refractivity contribution >= 4 is 38.9 Å². The van der Waals surface area contributed by atoms with Crippen LogP contribution in [0.15, 0.2) is 40.2 Å². The smallest absolute Gasteiger partial charge is 0.238 e. The van der Waals surface area contributed by atoms with Crippen LogP contribution in [-0.2, 0) is 17.8 Å². The average Bonchev–Trinajstić information content (AvgIpc) is 2.86. The van der Waals surface area contributed by atoms with Gasteiger partial charge in [0, 0.05) is 21.6 Å². The summed E-state index contributed by atoms with van der Waals surface area (Å²) >= 11 is 5.11. The number of nitrogens with one attached hydrogen (secondary N) is 2. The van der Waals surface area contributed by atoms with E-state index >= 15 is 0 Å². The highest BCUT2D eigenvalue weighted by Crippen LogP contribution is 2.17. The van der Waals surface area contributed by atoms with Crippen LogP contribution < -0.4 is 10.6 Å². The fourth-order valence-corrected chi connectivity index (χ4v) is 3.24. The predicted octanol–water partition coefficient (Wildman–Crippen LogP) is 3.80. The summed E-state index contributed by atoms with van der Waals surface area (Å²) in [5, 5.41) is 8.14. The van der Waals surface area contributed by atoms with Crippen molar-refractivity contribution in [3.63, 3.8) is 0 Å². The van der Waals surface area contributed by atoms with Gasteiger partial charge in [-0.25, -0.2) is 0 Å².